The first-order valence-electron chi connectivity index (χ1n) is 9.25. The van der Waals surface area contributed by atoms with E-state index in [1.807, 2.05) is 6.07 Å². The minimum atomic E-state index is -0.314. The van der Waals surface area contributed by atoms with E-state index in [1.54, 1.807) is 0 Å². The van der Waals surface area contributed by atoms with Gasteiger partial charge in [0.2, 0.25) is 0 Å². The Morgan fingerprint density at radius 3 is 2.25 bits per heavy atom. The number of rotatable bonds is 9. The van der Waals surface area contributed by atoms with E-state index < -0.39 is 0 Å². The van der Waals surface area contributed by atoms with Crippen LogP contribution in [0, 0.1) is 0 Å². The predicted octanol–water partition coefficient (Wildman–Crippen LogP) is 3.85. The van der Waals surface area contributed by atoms with Gasteiger partial charge in [-0.25, -0.2) is 4.79 Å². The zero-order chi connectivity index (χ0) is 17.5. The van der Waals surface area contributed by atoms with E-state index in [0.717, 1.165) is 32.4 Å². The summed E-state index contributed by atoms with van der Waals surface area (Å²) in [4.78, 5) is 14.7. The van der Waals surface area contributed by atoms with Gasteiger partial charge in [0.1, 0.15) is 11.3 Å². The summed E-state index contributed by atoms with van der Waals surface area (Å²) in [6.07, 6.45) is 5.31. The highest BCUT2D eigenvalue weighted by molar-refractivity contribution is 5.93. The summed E-state index contributed by atoms with van der Waals surface area (Å²) < 4.78 is 10.7. The highest BCUT2D eigenvalue weighted by atomic mass is 16.5. The molecule has 134 valence electrons. The molecule has 0 heterocycles. The fraction of sp³-hybridized carbons (Fsp3) is 0.650. The van der Waals surface area contributed by atoms with E-state index in [-0.39, 0.29) is 5.97 Å². The second-order valence-corrected chi connectivity index (χ2v) is 6.56. The van der Waals surface area contributed by atoms with Crippen LogP contribution in [0.5, 0.6) is 5.75 Å². The normalized spacial score (nSPS) is 16.3. The molecular weight excluding hydrogens is 302 g/mol. The average Bonchev–Trinajstić information content (AvgIpc) is 3.01. The third kappa shape index (κ3) is 4.29. The lowest BCUT2D eigenvalue weighted by Crippen LogP contribution is -2.37. The first-order valence-corrected chi connectivity index (χ1v) is 9.25. The number of carbonyl (C=O) groups is 1. The summed E-state index contributed by atoms with van der Waals surface area (Å²) >= 11 is 0. The van der Waals surface area contributed by atoms with Gasteiger partial charge in [0.25, 0.3) is 0 Å². The molecule has 0 aromatic heterocycles. The van der Waals surface area contributed by atoms with Crippen molar-refractivity contribution >= 4 is 5.97 Å². The third-order valence-electron chi connectivity index (χ3n) is 4.62. The van der Waals surface area contributed by atoms with Crippen LogP contribution in [0.25, 0.3) is 0 Å². The molecule has 0 spiro atoms. The second kappa shape index (κ2) is 9.07. The van der Waals surface area contributed by atoms with Gasteiger partial charge in [-0.05, 0) is 68.5 Å². The molecule has 0 bridgehead atoms. The number of hydrogen-bond donors (Lipinski definition) is 0. The van der Waals surface area contributed by atoms with Gasteiger partial charge in [-0.2, -0.15) is 0 Å². The maximum atomic E-state index is 12.1. The number of methoxy groups -OCH3 is 1. The van der Waals surface area contributed by atoms with Gasteiger partial charge in [-0.1, -0.05) is 20.8 Å². The van der Waals surface area contributed by atoms with E-state index >= 15 is 0 Å². The summed E-state index contributed by atoms with van der Waals surface area (Å²) in [6.45, 7) is 9.41. The fourth-order valence-corrected chi connectivity index (χ4v) is 3.54. The molecule has 0 radical (unpaired) electrons. The van der Waals surface area contributed by atoms with Crippen LogP contribution in [0.4, 0.5) is 0 Å². The van der Waals surface area contributed by atoms with Gasteiger partial charge in [0.15, 0.2) is 0 Å². The van der Waals surface area contributed by atoms with Crippen LogP contribution >= 0.6 is 0 Å². The monoisotopic (exact) mass is 333 g/mol. The van der Waals surface area contributed by atoms with Crippen molar-refractivity contribution in [3.05, 3.63) is 28.8 Å². The lowest BCUT2D eigenvalue weighted by Gasteiger charge is -2.27. The number of benzene rings is 1. The number of ether oxygens (including phenoxy) is 2. The highest BCUT2D eigenvalue weighted by Crippen LogP contribution is 2.32. The van der Waals surface area contributed by atoms with Crippen LogP contribution in [0.15, 0.2) is 12.1 Å². The van der Waals surface area contributed by atoms with Crippen LogP contribution < -0.4 is 4.74 Å². The molecule has 0 aliphatic heterocycles. The molecule has 0 amide bonds. The minimum Gasteiger partial charge on any atom is -0.493 e. The average molecular weight is 333 g/mol. The van der Waals surface area contributed by atoms with Crippen molar-refractivity contribution in [3.8, 4) is 5.75 Å². The lowest BCUT2D eigenvalue weighted by atomic mass is 10.1. The summed E-state index contributed by atoms with van der Waals surface area (Å²) in [5, 5.41) is 0. The maximum absolute atomic E-state index is 12.1. The largest absolute Gasteiger partial charge is 0.493 e. The summed E-state index contributed by atoms with van der Waals surface area (Å²) in [7, 11) is 1.42. The molecule has 1 aliphatic carbocycles. The summed E-state index contributed by atoms with van der Waals surface area (Å²) in [6, 6.07) is 4.59. The molecule has 1 aliphatic rings. The predicted molar refractivity (Wildman–Crippen MR) is 96.9 cm³/mol. The first kappa shape index (κ1) is 18.8. The van der Waals surface area contributed by atoms with Crippen molar-refractivity contribution in [2.24, 2.45) is 0 Å². The van der Waals surface area contributed by atoms with Crippen molar-refractivity contribution in [1.29, 1.82) is 0 Å². The standard InChI is InChI=1S/C20H31NO3/c1-5-8-21(9-6-2)17-11-15-13-18(20(22)23-4)19(24-10-7-3)14-16(15)12-17/h13-14,17H,5-12H2,1-4H3. The lowest BCUT2D eigenvalue weighted by molar-refractivity contribution is 0.0596. The van der Waals surface area contributed by atoms with E-state index in [0.29, 0.717) is 24.0 Å². The van der Waals surface area contributed by atoms with Crippen LogP contribution in [-0.2, 0) is 17.6 Å². The highest BCUT2D eigenvalue weighted by Gasteiger charge is 2.28. The quantitative estimate of drug-likeness (QED) is 0.644. The van der Waals surface area contributed by atoms with E-state index in [4.69, 9.17) is 9.47 Å². The zero-order valence-corrected chi connectivity index (χ0v) is 15.6. The number of carbonyl (C=O) groups excluding carboxylic acids is 1. The number of esters is 1. The zero-order valence-electron chi connectivity index (χ0n) is 15.6. The Kier molecular flexibility index (Phi) is 7.10. The van der Waals surface area contributed by atoms with Crippen LogP contribution in [-0.4, -0.2) is 43.7 Å². The summed E-state index contributed by atoms with van der Waals surface area (Å²) in [5.74, 6) is 0.354. The number of hydrogen-bond acceptors (Lipinski definition) is 4. The summed E-state index contributed by atoms with van der Waals surface area (Å²) in [5.41, 5.74) is 3.14. The van der Waals surface area contributed by atoms with Crippen molar-refractivity contribution in [2.75, 3.05) is 26.8 Å². The molecule has 1 atom stereocenters. The van der Waals surface area contributed by atoms with Gasteiger partial charge in [-0.15, -0.1) is 0 Å². The van der Waals surface area contributed by atoms with E-state index in [2.05, 4.69) is 31.7 Å². The van der Waals surface area contributed by atoms with Gasteiger partial charge in [-0.3, -0.25) is 4.90 Å². The Labute approximate surface area is 146 Å². The van der Waals surface area contributed by atoms with Crippen molar-refractivity contribution in [3.63, 3.8) is 0 Å². The molecule has 4 nitrogen and oxygen atoms in total. The van der Waals surface area contributed by atoms with E-state index in [1.165, 1.54) is 31.1 Å². The Bertz CT molecular complexity index is 550. The van der Waals surface area contributed by atoms with Crippen molar-refractivity contribution in [2.45, 2.75) is 58.9 Å². The van der Waals surface area contributed by atoms with Crippen LogP contribution in [0.2, 0.25) is 0 Å². The molecule has 4 heteroatoms. The molecule has 0 saturated heterocycles. The Morgan fingerprint density at radius 2 is 1.71 bits per heavy atom. The molecule has 1 aromatic rings. The van der Waals surface area contributed by atoms with Crippen molar-refractivity contribution in [1.82, 2.24) is 4.90 Å². The molecule has 0 fully saturated rings. The Hall–Kier alpha value is -1.55. The molecular formula is C20H31NO3. The SMILES string of the molecule is CCCOc1cc2c(cc1C(=O)OC)CC(N(CCC)CCC)C2. The Balaban J connectivity index is 2.25. The third-order valence-corrected chi connectivity index (χ3v) is 4.62. The number of fused-ring (bicyclic) bond motifs is 1. The Morgan fingerprint density at radius 1 is 1.08 bits per heavy atom. The van der Waals surface area contributed by atoms with Gasteiger partial charge >= 0.3 is 5.97 Å². The fourth-order valence-electron chi connectivity index (χ4n) is 3.54. The molecule has 0 N–H and O–H groups in total. The molecule has 1 aromatic carbocycles. The van der Waals surface area contributed by atoms with Gasteiger partial charge in [0, 0.05) is 6.04 Å². The minimum absolute atomic E-state index is 0.314. The molecule has 24 heavy (non-hydrogen) atoms. The van der Waals surface area contributed by atoms with Crippen LogP contribution in [0.1, 0.15) is 61.5 Å². The molecule has 2 rings (SSSR count). The maximum Gasteiger partial charge on any atom is 0.341 e. The second-order valence-electron chi connectivity index (χ2n) is 6.56. The first-order chi connectivity index (χ1) is 11.6. The van der Waals surface area contributed by atoms with Crippen molar-refractivity contribution < 1.29 is 14.3 Å². The topological polar surface area (TPSA) is 38.8 Å². The van der Waals surface area contributed by atoms with Gasteiger partial charge in [0.05, 0.1) is 13.7 Å². The smallest absolute Gasteiger partial charge is 0.341 e. The molecule has 0 saturated carbocycles. The van der Waals surface area contributed by atoms with E-state index in [9.17, 15) is 4.79 Å². The molecule has 1 unspecified atom stereocenters. The van der Waals surface area contributed by atoms with Crippen LogP contribution in [0.3, 0.4) is 0 Å². The number of nitrogens with zero attached hydrogens (tertiary/aromatic N) is 1. The van der Waals surface area contributed by atoms with Gasteiger partial charge < -0.3 is 9.47 Å².